The van der Waals surface area contributed by atoms with Crippen LogP contribution in [-0.2, 0) is 4.74 Å². The Morgan fingerprint density at radius 2 is 2.12 bits per heavy atom. The molecule has 3 heteroatoms. The van der Waals surface area contributed by atoms with E-state index in [-0.39, 0.29) is 5.54 Å². The predicted octanol–water partition coefficient (Wildman–Crippen LogP) is 2.00. The van der Waals surface area contributed by atoms with Gasteiger partial charge in [-0.05, 0) is 39.7 Å². The third-order valence-corrected chi connectivity index (χ3v) is 3.85. The van der Waals surface area contributed by atoms with Crippen molar-refractivity contribution >= 4 is 0 Å². The van der Waals surface area contributed by atoms with Crippen LogP contribution in [0.25, 0.3) is 0 Å². The van der Waals surface area contributed by atoms with Crippen molar-refractivity contribution in [3.8, 4) is 0 Å². The summed E-state index contributed by atoms with van der Waals surface area (Å²) in [6.45, 7) is 9.97. The lowest BCUT2D eigenvalue weighted by molar-refractivity contribution is -0.0285. The summed E-state index contributed by atoms with van der Waals surface area (Å²) in [7, 11) is 0. The van der Waals surface area contributed by atoms with Crippen molar-refractivity contribution in [1.29, 1.82) is 0 Å². The van der Waals surface area contributed by atoms with Crippen molar-refractivity contribution < 1.29 is 4.74 Å². The minimum Gasteiger partial charge on any atom is -0.380 e. The molecule has 96 valence electrons. The molecule has 0 amide bonds. The number of hydrogen-bond donors (Lipinski definition) is 1. The summed E-state index contributed by atoms with van der Waals surface area (Å²) < 4.78 is 5.61. The van der Waals surface area contributed by atoms with Gasteiger partial charge in [-0.3, -0.25) is 4.90 Å². The molecule has 0 aromatic rings. The number of piperidine rings is 1. The van der Waals surface area contributed by atoms with Gasteiger partial charge in [0.1, 0.15) is 0 Å². The Hall–Kier alpha value is -0.120. The summed E-state index contributed by atoms with van der Waals surface area (Å²) >= 11 is 0. The van der Waals surface area contributed by atoms with Gasteiger partial charge in [0.25, 0.3) is 0 Å². The lowest BCUT2D eigenvalue weighted by Gasteiger charge is -2.47. The molecule has 0 aromatic carbocycles. The number of likely N-dealkylation sites (tertiary alicyclic amines) is 1. The zero-order valence-corrected chi connectivity index (χ0v) is 11.2. The van der Waals surface area contributed by atoms with Crippen LogP contribution in [0.1, 0.15) is 46.5 Å². The standard InChI is InChI=1S/C13H28N2O/c1-4-12-8-6-7-9-15(12)13(3,10-14)11-16-5-2/h12H,4-11,14H2,1-3H3. The molecule has 0 radical (unpaired) electrons. The van der Waals surface area contributed by atoms with E-state index in [2.05, 4.69) is 18.7 Å². The van der Waals surface area contributed by atoms with Gasteiger partial charge in [0.15, 0.2) is 0 Å². The van der Waals surface area contributed by atoms with Crippen molar-refractivity contribution in [3.05, 3.63) is 0 Å². The highest BCUT2D eigenvalue weighted by atomic mass is 16.5. The Labute approximate surface area is 100 Å². The van der Waals surface area contributed by atoms with E-state index >= 15 is 0 Å². The molecule has 1 saturated heterocycles. The van der Waals surface area contributed by atoms with Crippen LogP contribution in [0.5, 0.6) is 0 Å². The van der Waals surface area contributed by atoms with Crippen LogP contribution in [0.15, 0.2) is 0 Å². The molecule has 0 bridgehead atoms. The first-order chi connectivity index (χ1) is 7.68. The molecule has 2 unspecified atom stereocenters. The van der Waals surface area contributed by atoms with Crippen molar-refractivity contribution in [1.82, 2.24) is 4.90 Å². The van der Waals surface area contributed by atoms with Crippen molar-refractivity contribution in [2.45, 2.75) is 58.0 Å². The highest BCUT2D eigenvalue weighted by Crippen LogP contribution is 2.27. The fourth-order valence-electron chi connectivity index (χ4n) is 2.72. The Balaban J connectivity index is 2.67. The van der Waals surface area contributed by atoms with Gasteiger partial charge in [-0.25, -0.2) is 0 Å². The number of hydrogen-bond acceptors (Lipinski definition) is 3. The highest BCUT2D eigenvalue weighted by Gasteiger charge is 2.36. The molecule has 2 atom stereocenters. The molecule has 1 heterocycles. The quantitative estimate of drug-likeness (QED) is 0.756. The van der Waals surface area contributed by atoms with Gasteiger partial charge in [-0.1, -0.05) is 13.3 Å². The third kappa shape index (κ3) is 3.19. The lowest BCUT2D eigenvalue weighted by Crippen LogP contribution is -2.60. The number of ether oxygens (including phenoxy) is 1. The second-order valence-electron chi connectivity index (χ2n) is 5.09. The smallest absolute Gasteiger partial charge is 0.0660 e. The summed E-state index contributed by atoms with van der Waals surface area (Å²) in [5.74, 6) is 0. The van der Waals surface area contributed by atoms with E-state index in [9.17, 15) is 0 Å². The molecule has 16 heavy (non-hydrogen) atoms. The van der Waals surface area contributed by atoms with Gasteiger partial charge in [-0.15, -0.1) is 0 Å². The van der Waals surface area contributed by atoms with Gasteiger partial charge in [0.2, 0.25) is 0 Å². The van der Waals surface area contributed by atoms with Crippen LogP contribution in [0.2, 0.25) is 0 Å². The SMILES string of the molecule is CCOCC(C)(CN)N1CCCCC1CC. The minimum absolute atomic E-state index is 0.0249. The molecule has 1 aliphatic heterocycles. The third-order valence-electron chi connectivity index (χ3n) is 3.85. The molecule has 0 aliphatic carbocycles. The molecule has 1 aliphatic rings. The maximum Gasteiger partial charge on any atom is 0.0660 e. The largest absolute Gasteiger partial charge is 0.380 e. The van der Waals surface area contributed by atoms with Crippen molar-refractivity contribution in [2.24, 2.45) is 5.73 Å². The number of nitrogens with zero attached hydrogens (tertiary/aromatic N) is 1. The molecule has 0 aromatic heterocycles. The molecule has 0 saturated carbocycles. The first kappa shape index (κ1) is 13.9. The minimum atomic E-state index is 0.0249. The van der Waals surface area contributed by atoms with E-state index in [0.29, 0.717) is 12.6 Å². The molecular weight excluding hydrogens is 200 g/mol. The van der Waals surface area contributed by atoms with Gasteiger partial charge in [-0.2, -0.15) is 0 Å². The molecule has 3 nitrogen and oxygen atoms in total. The van der Waals surface area contributed by atoms with Gasteiger partial charge < -0.3 is 10.5 Å². The van der Waals surface area contributed by atoms with Crippen molar-refractivity contribution in [2.75, 3.05) is 26.3 Å². The van der Waals surface area contributed by atoms with Gasteiger partial charge >= 0.3 is 0 Å². The number of rotatable bonds is 6. The monoisotopic (exact) mass is 228 g/mol. The summed E-state index contributed by atoms with van der Waals surface area (Å²) in [6, 6.07) is 0.697. The van der Waals surface area contributed by atoms with E-state index < -0.39 is 0 Å². The average molecular weight is 228 g/mol. The molecule has 0 spiro atoms. The van der Waals surface area contributed by atoms with Crippen LogP contribution < -0.4 is 5.73 Å². The second-order valence-corrected chi connectivity index (χ2v) is 5.09. The van der Waals surface area contributed by atoms with Crippen LogP contribution in [-0.4, -0.2) is 42.8 Å². The molecule has 1 fully saturated rings. The maximum atomic E-state index is 5.97. The normalized spacial score (nSPS) is 26.6. The Bertz CT molecular complexity index is 198. The highest BCUT2D eigenvalue weighted by molar-refractivity contribution is 4.92. The Morgan fingerprint density at radius 1 is 1.38 bits per heavy atom. The van der Waals surface area contributed by atoms with Gasteiger partial charge in [0.05, 0.1) is 12.1 Å². The zero-order chi connectivity index (χ0) is 12.0. The van der Waals surface area contributed by atoms with Crippen LogP contribution in [0.4, 0.5) is 0 Å². The van der Waals surface area contributed by atoms with E-state index in [4.69, 9.17) is 10.5 Å². The van der Waals surface area contributed by atoms with Crippen LogP contribution in [0, 0.1) is 0 Å². The molecular formula is C13H28N2O. The first-order valence-corrected chi connectivity index (χ1v) is 6.72. The summed E-state index contributed by atoms with van der Waals surface area (Å²) in [4.78, 5) is 2.59. The summed E-state index contributed by atoms with van der Waals surface area (Å²) in [6.07, 6.45) is 5.21. The van der Waals surface area contributed by atoms with Crippen LogP contribution in [0.3, 0.4) is 0 Å². The topological polar surface area (TPSA) is 38.5 Å². The van der Waals surface area contributed by atoms with E-state index in [0.717, 1.165) is 13.2 Å². The first-order valence-electron chi connectivity index (χ1n) is 6.72. The van der Waals surface area contributed by atoms with E-state index in [1.807, 2.05) is 6.92 Å². The summed E-state index contributed by atoms with van der Waals surface area (Å²) in [5.41, 5.74) is 6.00. The van der Waals surface area contributed by atoms with E-state index in [1.165, 1.54) is 32.2 Å². The van der Waals surface area contributed by atoms with Gasteiger partial charge in [0, 0.05) is 19.2 Å². The van der Waals surface area contributed by atoms with Crippen LogP contribution >= 0.6 is 0 Å². The van der Waals surface area contributed by atoms with Crippen molar-refractivity contribution in [3.63, 3.8) is 0 Å². The predicted molar refractivity (Wildman–Crippen MR) is 68.6 cm³/mol. The fourth-order valence-corrected chi connectivity index (χ4v) is 2.72. The van der Waals surface area contributed by atoms with E-state index in [1.54, 1.807) is 0 Å². The zero-order valence-electron chi connectivity index (χ0n) is 11.2. The Morgan fingerprint density at radius 3 is 2.69 bits per heavy atom. The second kappa shape index (κ2) is 6.58. The molecule has 2 N–H and O–H groups in total. The lowest BCUT2D eigenvalue weighted by atomic mass is 9.91. The summed E-state index contributed by atoms with van der Waals surface area (Å²) in [5, 5.41) is 0. The number of nitrogens with two attached hydrogens (primary N) is 1. The Kier molecular flexibility index (Phi) is 5.73. The maximum absolute atomic E-state index is 5.97. The molecule has 1 rings (SSSR count). The average Bonchev–Trinajstić information content (AvgIpc) is 2.36. The fraction of sp³-hybridized carbons (Fsp3) is 1.00.